The summed E-state index contributed by atoms with van der Waals surface area (Å²) in [6, 6.07) is 2.63. The molecule has 0 bridgehead atoms. The van der Waals surface area contributed by atoms with E-state index in [-0.39, 0.29) is 16.9 Å². The molecule has 1 aromatic rings. The molecule has 1 saturated carbocycles. The molecule has 94 valence electrons. The summed E-state index contributed by atoms with van der Waals surface area (Å²) in [5.74, 6) is 0.0222. The van der Waals surface area contributed by atoms with Gasteiger partial charge in [-0.1, -0.05) is 19.3 Å². The van der Waals surface area contributed by atoms with E-state index in [2.05, 4.69) is 4.72 Å². The molecular formula is C11H15NO4S. The highest BCUT2D eigenvalue weighted by Gasteiger charge is 2.24. The van der Waals surface area contributed by atoms with E-state index >= 15 is 0 Å². The second-order valence-electron chi connectivity index (χ2n) is 4.23. The number of aldehydes is 1. The second kappa shape index (κ2) is 5.01. The molecule has 0 spiro atoms. The monoisotopic (exact) mass is 257 g/mol. The number of hydrogen-bond donors (Lipinski definition) is 1. The average Bonchev–Trinajstić information content (AvgIpc) is 2.79. The van der Waals surface area contributed by atoms with Crippen LogP contribution >= 0.6 is 0 Å². The van der Waals surface area contributed by atoms with Gasteiger partial charge in [-0.25, -0.2) is 13.1 Å². The van der Waals surface area contributed by atoms with E-state index < -0.39 is 10.0 Å². The van der Waals surface area contributed by atoms with Crippen LogP contribution in [0.4, 0.5) is 0 Å². The van der Waals surface area contributed by atoms with Crippen LogP contribution in [-0.4, -0.2) is 20.7 Å². The van der Waals surface area contributed by atoms with E-state index in [0.717, 1.165) is 32.1 Å². The van der Waals surface area contributed by atoms with Crippen molar-refractivity contribution in [3.8, 4) is 0 Å². The fourth-order valence-corrected chi connectivity index (χ4v) is 3.28. The van der Waals surface area contributed by atoms with Crippen LogP contribution in [0.15, 0.2) is 21.6 Å². The van der Waals surface area contributed by atoms with Crippen molar-refractivity contribution >= 4 is 16.3 Å². The molecule has 1 aliphatic rings. The molecule has 1 heterocycles. The molecule has 1 aromatic heterocycles. The molecule has 0 radical (unpaired) electrons. The van der Waals surface area contributed by atoms with Gasteiger partial charge in [0, 0.05) is 6.04 Å². The standard InChI is InChI=1S/C11H15NO4S/c13-8-10-6-7-11(16-10)17(14,15)12-9-4-2-1-3-5-9/h6-9,12H,1-5H2. The second-order valence-corrected chi connectivity index (χ2v) is 5.88. The largest absolute Gasteiger partial charge is 0.440 e. The highest BCUT2D eigenvalue weighted by atomic mass is 32.2. The van der Waals surface area contributed by atoms with Gasteiger partial charge in [0.2, 0.25) is 5.09 Å². The zero-order valence-corrected chi connectivity index (χ0v) is 10.2. The smallest absolute Gasteiger partial charge is 0.274 e. The van der Waals surface area contributed by atoms with Crippen molar-refractivity contribution in [2.24, 2.45) is 0 Å². The van der Waals surface area contributed by atoms with Crippen LogP contribution in [0.2, 0.25) is 0 Å². The van der Waals surface area contributed by atoms with E-state index in [4.69, 9.17) is 4.42 Å². The van der Waals surface area contributed by atoms with Crippen LogP contribution in [0.25, 0.3) is 0 Å². The number of furan rings is 1. The molecule has 0 amide bonds. The highest BCUT2D eigenvalue weighted by Crippen LogP contribution is 2.20. The normalized spacial score (nSPS) is 18.1. The summed E-state index contributed by atoms with van der Waals surface area (Å²) >= 11 is 0. The van der Waals surface area contributed by atoms with Crippen molar-refractivity contribution in [3.05, 3.63) is 17.9 Å². The van der Waals surface area contributed by atoms with E-state index in [9.17, 15) is 13.2 Å². The number of hydrogen-bond acceptors (Lipinski definition) is 4. The number of carbonyl (C=O) groups is 1. The Bertz CT molecular complexity index is 485. The summed E-state index contributed by atoms with van der Waals surface area (Å²) < 4.78 is 31.3. The first-order valence-electron chi connectivity index (χ1n) is 5.69. The molecule has 6 heteroatoms. The summed E-state index contributed by atoms with van der Waals surface area (Å²) in [6.07, 6.45) is 5.46. The van der Waals surface area contributed by atoms with E-state index in [1.807, 2.05) is 0 Å². The number of rotatable bonds is 4. The van der Waals surface area contributed by atoms with Crippen molar-refractivity contribution in [1.29, 1.82) is 0 Å². The maximum atomic E-state index is 11.9. The average molecular weight is 257 g/mol. The summed E-state index contributed by atoms with van der Waals surface area (Å²) in [7, 11) is -3.62. The molecule has 0 unspecified atom stereocenters. The lowest BCUT2D eigenvalue weighted by atomic mass is 9.96. The van der Waals surface area contributed by atoms with Gasteiger partial charge in [0.05, 0.1) is 0 Å². The van der Waals surface area contributed by atoms with Crippen LogP contribution in [0.5, 0.6) is 0 Å². The Morgan fingerprint density at radius 2 is 1.94 bits per heavy atom. The number of carbonyl (C=O) groups excluding carboxylic acids is 1. The molecule has 1 N–H and O–H groups in total. The Morgan fingerprint density at radius 1 is 1.24 bits per heavy atom. The molecule has 1 fully saturated rings. The third kappa shape index (κ3) is 2.95. The fraction of sp³-hybridized carbons (Fsp3) is 0.545. The Kier molecular flexibility index (Phi) is 3.63. The molecule has 2 rings (SSSR count). The first-order chi connectivity index (χ1) is 8.12. The van der Waals surface area contributed by atoms with Gasteiger partial charge >= 0.3 is 0 Å². The third-order valence-corrected chi connectivity index (χ3v) is 4.30. The Balaban J connectivity index is 2.09. The zero-order valence-electron chi connectivity index (χ0n) is 9.39. The van der Waals surface area contributed by atoms with Crippen LogP contribution < -0.4 is 4.72 Å². The van der Waals surface area contributed by atoms with Crippen molar-refractivity contribution in [1.82, 2.24) is 4.72 Å². The van der Waals surface area contributed by atoms with Crippen molar-refractivity contribution in [2.75, 3.05) is 0 Å². The van der Waals surface area contributed by atoms with Gasteiger partial charge in [-0.2, -0.15) is 0 Å². The van der Waals surface area contributed by atoms with E-state index in [0.29, 0.717) is 6.29 Å². The molecule has 0 aliphatic heterocycles. The van der Waals surface area contributed by atoms with Gasteiger partial charge in [-0.05, 0) is 25.0 Å². The van der Waals surface area contributed by atoms with Crippen molar-refractivity contribution in [3.63, 3.8) is 0 Å². The van der Waals surface area contributed by atoms with Crippen molar-refractivity contribution < 1.29 is 17.6 Å². The van der Waals surface area contributed by atoms with Crippen LogP contribution in [0.1, 0.15) is 42.7 Å². The third-order valence-electron chi connectivity index (χ3n) is 2.91. The van der Waals surface area contributed by atoms with E-state index in [1.54, 1.807) is 0 Å². The predicted octanol–water partition coefficient (Wildman–Crippen LogP) is 1.70. The predicted molar refractivity (Wildman–Crippen MR) is 61.3 cm³/mol. The van der Waals surface area contributed by atoms with Crippen LogP contribution in [0.3, 0.4) is 0 Å². The Morgan fingerprint density at radius 3 is 2.53 bits per heavy atom. The van der Waals surface area contributed by atoms with Crippen molar-refractivity contribution in [2.45, 2.75) is 43.2 Å². The summed E-state index contributed by atoms with van der Waals surface area (Å²) in [5, 5.41) is -0.190. The lowest BCUT2D eigenvalue weighted by molar-refractivity contribution is 0.109. The minimum Gasteiger partial charge on any atom is -0.440 e. The molecule has 1 aliphatic carbocycles. The molecular weight excluding hydrogens is 242 g/mol. The van der Waals surface area contributed by atoms with Gasteiger partial charge < -0.3 is 4.42 Å². The minimum atomic E-state index is -3.62. The highest BCUT2D eigenvalue weighted by molar-refractivity contribution is 7.89. The molecule has 0 atom stereocenters. The van der Waals surface area contributed by atoms with Gasteiger partial charge in [-0.3, -0.25) is 4.79 Å². The fourth-order valence-electron chi connectivity index (χ4n) is 2.04. The first kappa shape index (κ1) is 12.3. The van der Waals surface area contributed by atoms with Gasteiger partial charge in [-0.15, -0.1) is 0 Å². The van der Waals surface area contributed by atoms with Gasteiger partial charge in [0.15, 0.2) is 12.0 Å². The molecule has 0 aromatic carbocycles. The molecule has 0 saturated heterocycles. The van der Waals surface area contributed by atoms with Gasteiger partial charge in [0.1, 0.15) is 0 Å². The zero-order chi connectivity index (χ0) is 12.3. The summed E-state index contributed by atoms with van der Waals surface area (Å²) in [4.78, 5) is 10.4. The topological polar surface area (TPSA) is 76.4 Å². The Labute approximate surface area is 100 Å². The van der Waals surface area contributed by atoms with E-state index in [1.165, 1.54) is 12.1 Å². The molecule has 5 nitrogen and oxygen atoms in total. The van der Waals surface area contributed by atoms with Crippen LogP contribution in [0, 0.1) is 0 Å². The van der Waals surface area contributed by atoms with Crippen LogP contribution in [-0.2, 0) is 10.0 Å². The maximum Gasteiger partial charge on any atom is 0.274 e. The SMILES string of the molecule is O=Cc1ccc(S(=O)(=O)NC2CCCCC2)o1. The number of nitrogens with one attached hydrogen (secondary N) is 1. The molecule has 17 heavy (non-hydrogen) atoms. The Hall–Kier alpha value is -1.14. The minimum absolute atomic E-state index is 0.0152. The summed E-state index contributed by atoms with van der Waals surface area (Å²) in [5.41, 5.74) is 0. The first-order valence-corrected chi connectivity index (χ1v) is 7.17. The maximum absolute atomic E-state index is 11.9. The summed E-state index contributed by atoms with van der Waals surface area (Å²) in [6.45, 7) is 0. The van der Waals surface area contributed by atoms with Gasteiger partial charge in [0.25, 0.3) is 10.0 Å². The lowest BCUT2D eigenvalue weighted by Crippen LogP contribution is -2.35. The quantitative estimate of drug-likeness (QED) is 0.833. The lowest BCUT2D eigenvalue weighted by Gasteiger charge is -2.21. The number of sulfonamides is 1.